The highest BCUT2D eigenvalue weighted by Gasteiger charge is 2.21. The molecule has 0 amide bonds. The molecule has 100 valence electrons. The van der Waals surface area contributed by atoms with Crippen LogP contribution in [0.4, 0.5) is 0 Å². The van der Waals surface area contributed by atoms with Gasteiger partial charge in [0.2, 0.25) is 0 Å². The van der Waals surface area contributed by atoms with Crippen molar-refractivity contribution < 1.29 is 24.9 Å². The van der Waals surface area contributed by atoms with Crippen molar-refractivity contribution in [2.24, 2.45) is 0 Å². The van der Waals surface area contributed by atoms with Gasteiger partial charge in [-0.2, -0.15) is 0 Å². The van der Waals surface area contributed by atoms with Crippen LogP contribution in [0.15, 0.2) is 12.1 Å². The van der Waals surface area contributed by atoms with E-state index in [0.29, 0.717) is 10.6 Å². The van der Waals surface area contributed by atoms with Gasteiger partial charge in [0, 0.05) is 17.6 Å². The molecule has 1 heterocycles. The Hall–Kier alpha value is -0.890. The van der Waals surface area contributed by atoms with Crippen LogP contribution in [-0.4, -0.2) is 38.3 Å². The van der Waals surface area contributed by atoms with Crippen molar-refractivity contribution in [3.05, 3.63) is 21.9 Å². The Morgan fingerprint density at radius 2 is 2.06 bits per heavy atom. The van der Waals surface area contributed by atoms with Gasteiger partial charge < -0.3 is 15.3 Å². The monoisotopic (exact) mass is 290 g/mol. The number of carboxylic acid groups (broad SMARTS) is 1. The van der Waals surface area contributed by atoms with Gasteiger partial charge in [0.15, 0.2) is 5.12 Å². The Morgan fingerprint density at radius 1 is 1.39 bits per heavy atom. The lowest BCUT2D eigenvalue weighted by Gasteiger charge is -2.15. The number of carboxylic acids is 1. The van der Waals surface area contributed by atoms with Crippen LogP contribution in [0, 0.1) is 0 Å². The summed E-state index contributed by atoms with van der Waals surface area (Å²) in [6, 6.07) is 2.88. The van der Waals surface area contributed by atoms with E-state index in [1.807, 2.05) is 0 Å². The maximum absolute atomic E-state index is 10.7. The maximum Gasteiger partial charge on any atom is 0.345 e. The molecule has 18 heavy (non-hydrogen) atoms. The summed E-state index contributed by atoms with van der Waals surface area (Å²) in [4.78, 5) is 21.9. The molecule has 2 unspecified atom stereocenters. The summed E-state index contributed by atoms with van der Waals surface area (Å²) in [5.74, 6) is -0.634. The number of aromatic carboxylic acids is 1. The van der Waals surface area contributed by atoms with E-state index in [-0.39, 0.29) is 16.4 Å². The van der Waals surface area contributed by atoms with E-state index in [9.17, 15) is 19.8 Å². The fourth-order valence-electron chi connectivity index (χ4n) is 1.30. The number of aliphatic hydroxyl groups excluding tert-OH is 2. The molecule has 0 radical (unpaired) electrons. The minimum absolute atomic E-state index is 0.0408. The van der Waals surface area contributed by atoms with Crippen molar-refractivity contribution in [2.45, 2.75) is 25.6 Å². The predicted octanol–water partition coefficient (Wildman–Crippen LogP) is 1.51. The summed E-state index contributed by atoms with van der Waals surface area (Å²) < 4.78 is 0. The molecule has 1 rings (SSSR count). The lowest BCUT2D eigenvalue weighted by atomic mass is 10.1. The summed E-state index contributed by atoms with van der Waals surface area (Å²) in [5, 5.41) is 28.2. The van der Waals surface area contributed by atoms with E-state index in [4.69, 9.17) is 5.11 Å². The normalized spacial score (nSPS) is 14.2. The molecule has 0 spiro atoms. The van der Waals surface area contributed by atoms with Gasteiger partial charge in [0.05, 0.1) is 6.10 Å². The number of thioether (sulfide) groups is 1. The van der Waals surface area contributed by atoms with E-state index in [0.717, 1.165) is 23.1 Å². The third-order valence-electron chi connectivity index (χ3n) is 2.21. The number of hydrogen-bond acceptors (Lipinski definition) is 6. The van der Waals surface area contributed by atoms with Gasteiger partial charge in [-0.1, -0.05) is 11.8 Å². The van der Waals surface area contributed by atoms with E-state index in [1.54, 1.807) is 0 Å². The van der Waals surface area contributed by atoms with Crippen LogP contribution in [0.1, 0.15) is 34.0 Å². The highest BCUT2D eigenvalue weighted by atomic mass is 32.2. The molecule has 5 nitrogen and oxygen atoms in total. The van der Waals surface area contributed by atoms with Crippen LogP contribution in [0.2, 0.25) is 0 Å². The second-order valence-electron chi connectivity index (χ2n) is 3.65. The molecule has 0 fully saturated rings. The maximum atomic E-state index is 10.7. The summed E-state index contributed by atoms with van der Waals surface area (Å²) in [7, 11) is 0. The van der Waals surface area contributed by atoms with Gasteiger partial charge in [-0.15, -0.1) is 11.3 Å². The lowest BCUT2D eigenvalue weighted by Crippen LogP contribution is -2.18. The molecule has 3 N–H and O–H groups in total. The van der Waals surface area contributed by atoms with Crippen LogP contribution < -0.4 is 0 Å². The van der Waals surface area contributed by atoms with Crippen molar-refractivity contribution in [3.8, 4) is 0 Å². The van der Waals surface area contributed by atoms with Crippen LogP contribution in [-0.2, 0) is 4.79 Å². The molecular formula is C11H14O5S2. The standard InChI is InChI=1S/C11H14O5S2/c1-6(12)17-5-4-7(13)10(14)8-2-3-9(18-8)11(15)16/h2-3,7,10,13-14H,4-5H2,1H3,(H,15,16). The second-order valence-corrected chi connectivity index (χ2v) is 6.04. The average molecular weight is 290 g/mol. The number of hydrogen-bond donors (Lipinski definition) is 3. The highest BCUT2D eigenvalue weighted by Crippen LogP contribution is 2.27. The minimum atomic E-state index is -1.12. The summed E-state index contributed by atoms with van der Waals surface area (Å²) >= 11 is 2.02. The number of aliphatic hydroxyl groups is 2. The first-order valence-corrected chi connectivity index (χ1v) is 7.04. The molecule has 0 aliphatic carbocycles. The van der Waals surface area contributed by atoms with Crippen molar-refractivity contribution >= 4 is 34.2 Å². The average Bonchev–Trinajstić information content (AvgIpc) is 2.76. The molecule has 7 heteroatoms. The fraction of sp³-hybridized carbons (Fsp3) is 0.455. The van der Waals surface area contributed by atoms with Gasteiger partial charge in [-0.3, -0.25) is 4.79 Å². The highest BCUT2D eigenvalue weighted by molar-refractivity contribution is 8.13. The van der Waals surface area contributed by atoms with E-state index in [1.165, 1.54) is 19.1 Å². The number of rotatable bonds is 6. The largest absolute Gasteiger partial charge is 0.477 e. The topological polar surface area (TPSA) is 94.8 Å². The Bertz CT molecular complexity index is 429. The minimum Gasteiger partial charge on any atom is -0.477 e. The second kappa shape index (κ2) is 6.89. The van der Waals surface area contributed by atoms with Gasteiger partial charge in [0.25, 0.3) is 0 Å². The molecule has 0 aliphatic rings. The predicted molar refractivity (Wildman–Crippen MR) is 70.0 cm³/mol. The first-order valence-electron chi connectivity index (χ1n) is 5.24. The van der Waals surface area contributed by atoms with Crippen molar-refractivity contribution in [3.63, 3.8) is 0 Å². The van der Waals surface area contributed by atoms with Gasteiger partial charge in [-0.25, -0.2) is 4.79 Å². The molecule has 0 saturated carbocycles. The molecule has 0 saturated heterocycles. The molecule has 0 bridgehead atoms. The van der Waals surface area contributed by atoms with Crippen molar-refractivity contribution in [1.82, 2.24) is 0 Å². The van der Waals surface area contributed by atoms with Crippen LogP contribution in [0.25, 0.3) is 0 Å². The number of carbonyl (C=O) groups excluding carboxylic acids is 1. The molecule has 2 atom stereocenters. The number of carbonyl (C=O) groups is 2. The molecule has 0 aromatic carbocycles. The zero-order valence-corrected chi connectivity index (χ0v) is 11.3. The van der Waals surface area contributed by atoms with Gasteiger partial charge in [-0.05, 0) is 18.6 Å². The van der Waals surface area contributed by atoms with Crippen LogP contribution >= 0.6 is 23.1 Å². The lowest BCUT2D eigenvalue weighted by molar-refractivity contribution is -0.109. The first kappa shape index (κ1) is 15.2. The quantitative estimate of drug-likeness (QED) is 0.735. The first-order chi connectivity index (χ1) is 8.41. The van der Waals surface area contributed by atoms with E-state index >= 15 is 0 Å². The summed E-state index contributed by atoms with van der Waals surface area (Å²) in [6.45, 7) is 1.44. The van der Waals surface area contributed by atoms with Gasteiger partial charge >= 0.3 is 5.97 Å². The van der Waals surface area contributed by atoms with Crippen molar-refractivity contribution in [1.29, 1.82) is 0 Å². The SMILES string of the molecule is CC(=O)SCCC(O)C(O)c1ccc(C(=O)O)s1. The molecule has 1 aromatic rings. The van der Waals surface area contributed by atoms with E-state index < -0.39 is 18.2 Å². The Labute approximate surface area is 112 Å². The third-order valence-corrected chi connectivity index (χ3v) is 4.20. The Balaban J connectivity index is 2.53. The summed E-state index contributed by atoms with van der Waals surface area (Å²) in [6.07, 6.45) is -1.85. The zero-order chi connectivity index (χ0) is 13.7. The Kier molecular flexibility index (Phi) is 5.80. The molecule has 1 aromatic heterocycles. The van der Waals surface area contributed by atoms with Crippen molar-refractivity contribution in [2.75, 3.05) is 5.75 Å². The number of thiophene rings is 1. The third kappa shape index (κ3) is 4.41. The van der Waals surface area contributed by atoms with Crippen LogP contribution in [0.5, 0.6) is 0 Å². The van der Waals surface area contributed by atoms with Gasteiger partial charge in [0.1, 0.15) is 11.0 Å². The smallest absolute Gasteiger partial charge is 0.345 e. The fourth-order valence-corrected chi connectivity index (χ4v) is 2.84. The molecule has 0 aliphatic heterocycles. The molecular weight excluding hydrogens is 276 g/mol. The van der Waals surface area contributed by atoms with Crippen LogP contribution in [0.3, 0.4) is 0 Å². The Morgan fingerprint density at radius 3 is 2.56 bits per heavy atom. The zero-order valence-electron chi connectivity index (χ0n) is 9.70. The summed E-state index contributed by atoms with van der Waals surface area (Å²) in [5.41, 5.74) is 0. The van der Waals surface area contributed by atoms with E-state index in [2.05, 4.69) is 0 Å².